The van der Waals surface area contributed by atoms with Crippen molar-refractivity contribution in [2.24, 2.45) is 0 Å². The Morgan fingerprint density at radius 1 is 1.10 bits per heavy atom. The van der Waals surface area contributed by atoms with E-state index in [1.54, 1.807) is 30.3 Å². The first-order chi connectivity index (χ1) is 13.8. The zero-order valence-corrected chi connectivity index (χ0v) is 16.1. The molecule has 8 heteroatoms. The van der Waals surface area contributed by atoms with Crippen LogP contribution in [0, 0.1) is 11.3 Å². The van der Waals surface area contributed by atoms with Crippen molar-refractivity contribution in [1.29, 1.82) is 5.26 Å². The number of halogens is 1. The van der Waals surface area contributed by atoms with Crippen molar-refractivity contribution >= 4 is 11.6 Å². The molecule has 0 saturated carbocycles. The highest BCUT2D eigenvalue weighted by Gasteiger charge is 2.67. The van der Waals surface area contributed by atoms with Gasteiger partial charge in [-0.2, -0.15) is 5.26 Å². The predicted octanol–water partition coefficient (Wildman–Crippen LogP) is 0.829. The molecule has 2 fully saturated rings. The first-order valence-electron chi connectivity index (χ1n) is 9.12. The Hall–Kier alpha value is -2.02. The van der Waals surface area contributed by atoms with Gasteiger partial charge in [-0.1, -0.05) is 29.8 Å². The highest BCUT2D eigenvalue weighted by Crippen LogP contribution is 2.49. The fourth-order valence-electron chi connectivity index (χ4n) is 3.92. The monoisotopic (exact) mass is 417 g/mol. The van der Waals surface area contributed by atoms with Gasteiger partial charge in [-0.25, -0.2) is 0 Å². The lowest BCUT2D eigenvalue weighted by Crippen LogP contribution is -2.65. The van der Waals surface area contributed by atoms with Crippen LogP contribution in [0.15, 0.2) is 42.5 Å². The zero-order valence-electron chi connectivity index (χ0n) is 15.3. The van der Waals surface area contributed by atoms with Crippen LogP contribution in [0.25, 0.3) is 0 Å². The topological polar surface area (TPSA) is 123 Å². The average molecular weight is 418 g/mol. The van der Waals surface area contributed by atoms with Crippen LogP contribution in [0.3, 0.4) is 0 Å². The fourth-order valence-corrected chi connectivity index (χ4v) is 4.10. The molecule has 2 saturated heterocycles. The minimum absolute atomic E-state index is 0.188. The number of aliphatic hydroxyl groups is 4. The van der Waals surface area contributed by atoms with Gasteiger partial charge in [-0.15, -0.1) is 0 Å². The zero-order chi connectivity index (χ0) is 20.8. The van der Waals surface area contributed by atoms with Crippen molar-refractivity contribution < 1.29 is 29.9 Å². The minimum atomic E-state index is -1.73. The average Bonchev–Trinajstić information content (AvgIpc) is 3.13. The Labute approximate surface area is 172 Å². The molecule has 29 heavy (non-hydrogen) atoms. The van der Waals surface area contributed by atoms with Crippen LogP contribution in [-0.4, -0.2) is 57.6 Å². The summed E-state index contributed by atoms with van der Waals surface area (Å²) < 4.78 is 11.6. The van der Waals surface area contributed by atoms with Gasteiger partial charge in [0.1, 0.15) is 23.9 Å². The molecule has 0 amide bonds. The van der Waals surface area contributed by atoms with Gasteiger partial charge < -0.3 is 29.9 Å². The third-order valence-electron chi connectivity index (χ3n) is 5.65. The van der Waals surface area contributed by atoms with Crippen molar-refractivity contribution in [2.45, 2.75) is 36.1 Å². The molecule has 2 bridgehead atoms. The quantitative estimate of drug-likeness (QED) is 0.581. The van der Waals surface area contributed by atoms with Crippen LogP contribution in [0.2, 0.25) is 5.02 Å². The molecule has 2 aliphatic heterocycles. The van der Waals surface area contributed by atoms with Crippen molar-refractivity contribution in [2.75, 3.05) is 13.2 Å². The van der Waals surface area contributed by atoms with Gasteiger partial charge in [-0.05, 0) is 41.8 Å². The second-order valence-electron chi connectivity index (χ2n) is 7.45. The SMILES string of the molecule is N#Cc1ccc(Cc2cc([C@@]34OC[C@](CO)(O3)[C@@H](O)[C@H](O)[C@H]4O)ccc2Cl)cc1. The maximum atomic E-state index is 10.7. The normalized spacial score (nSPS) is 33.4. The Bertz CT molecular complexity index is 961. The molecule has 2 aromatic carbocycles. The van der Waals surface area contributed by atoms with E-state index in [9.17, 15) is 20.4 Å². The summed E-state index contributed by atoms with van der Waals surface area (Å²) in [6.07, 6.45) is -4.16. The number of rotatable bonds is 4. The third-order valence-corrected chi connectivity index (χ3v) is 6.02. The number of aliphatic hydroxyl groups excluding tert-OH is 4. The molecule has 2 aromatic rings. The first kappa shape index (κ1) is 20.3. The van der Waals surface area contributed by atoms with Crippen LogP contribution in [-0.2, 0) is 21.7 Å². The summed E-state index contributed by atoms with van der Waals surface area (Å²) in [7, 11) is 0. The molecule has 0 aromatic heterocycles. The van der Waals surface area contributed by atoms with E-state index < -0.39 is 36.3 Å². The van der Waals surface area contributed by atoms with Crippen LogP contribution in [0.4, 0.5) is 0 Å². The van der Waals surface area contributed by atoms with Crippen LogP contribution >= 0.6 is 11.6 Å². The maximum Gasteiger partial charge on any atom is 0.225 e. The van der Waals surface area contributed by atoms with Gasteiger partial charge >= 0.3 is 0 Å². The van der Waals surface area contributed by atoms with Crippen molar-refractivity contribution in [3.63, 3.8) is 0 Å². The summed E-state index contributed by atoms with van der Waals surface area (Å²) >= 11 is 6.36. The number of nitrogens with zero attached hydrogens (tertiary/aromatic N) is 1. The first-order valence-corrected chi connectivity index (χ1v) is 9.50. The third kappa shape index (κ3) is 3.14. The van der Waals surface area contributed by atoms with E-state index in [0.717, 1.165) is 11.1 Å². The summed E-state index contributed by atoms with van der Waals surface area (Å²) in [6, 6.07) is 14.1. The molecular weight excluding hydrogens is 398 g/mol. The lowest BCUT2D eigenvalue weighted by Gasteiger charge is -2.46. The molecule has 0 spiro atoms. The molecular formula is C21H20ClNO6. The summed E-state index contributed by atoms with van der Waals surface area (Å²) in [4.78, 5) is 0. The van der Waals surface area contributed by atoms with E-state index in [1.807, 2.05) is 12.1 Å². The van der Waals surface area contributed by atoms with Crippen molar-refractivity contribution in [1.82, 2.24) is 0 Å². The van der Waals surface area contributed by atoms with Crippen LogP contribution < -0.4 is 0 Å². The Balaban J connectivity index is 1.70. The fraction of sp³-hybridized carbons (Fsp3) is 0.381. The summed E-state index contributed by atoms with van der Waals surface area (Å²) in [5.41, 5.74) is 1.10. The van der Waals surface area contributed by atoms with Crippen molar-refractivity contribution in [3.8, 4) is 6.07 Å². The standard InChI is InChI=1S/C21H20ClNO6/c22-16-6-5-15(8-14(16)7-12-1-3-13(9-23)4-2-12)21-19(27)17(25)18(26)20(10-24,29-21)11-28-21/h1-6,8,17-19,24-27H,7,10-11H2/t17-,18-,19+,20-,21+/m0/s1. The molecule has 0 unspecified atom stereocenters. The lowest BCUT2D eigenvalue weighted by atomic mass is 9.83. The van der Waals surface area contributed by atoms with E-state index in [0.29, 0.717) is 22.6 Å². The van der Waals surface area contributed by atoms with E-state index in [1.165, 1.54) is 0 Å². The number of hydrogen-bond acceptors (Lipinski definition) is 7. The summed E-state index contributed by atoms with van der Waals surface area (Å²) in [5, 5.41) is 50.4. The molecule has 2 heterocycles. The molecule has 5 atom stereocenters. The van der Waals surface area contributed by atoms with Gasteiger partial charge in [0.05, 0.1) is 24.8 Å². The molecule has 2 aliphatic rings. The number of fused-ring (bicyclic) bond motifs is 2. The minimum Gasteiger partial charge on any atom is -0.393 e. The van der Waals surface area contributed by atoms with Crippen molar-refractivity contribution in [3.05, 3.63) is 69.7 Å². The predicted molar refractivity (Wildman–Crippen MR) is 102 cm³/mol. The second-order valence-corrected chi connectivity index (χ2v) is 7.86. The molecule has 4 rings (SSSR count). The van der Waals surface area contributed by atoms with Gasteiger partial charge in [0, 0.05) is 10.6 Å². The number of ether oxygens (including phenoxy) is 2. The molecule has 4 N–H and O–H groups in total. The molecule has 0 radical (unpaired) electrons. The summed E-state index contributed by atoms with van der Waals surface area (Å²) in [6.45, 7) is -0.766. The van der Waals surface area contributed by atoms with Gasteiger partial charge in [0.25, 0.3) is 0 Å². The number of hydrogen-bond donors (Lipinski definition) is 4. The van der Waals surface area contributed by atoms with Gasteiger partial charge in [-0.3, -0.25) is 0 Å². The Morgan fingerprint density at radius 3 is 2.48 bits per heavy atom. The molecule has 152 valence electrons. The number of benzene rings is 2. The van der Waals surface area contributed by atoms with Gasteiger partial charge in [0.15, 0.2) is 0 Å². The van der Waals surface area contributed by atoms with E-state index >= 15 is 0 Å². The van der Waals surface area contributed by atoms with Crippen LogP contribution in [0.5, 0.6) is 0 Å². The second kappa shape index (κ2) is 7.35. The summed E-state index contributed by atoms with van der Waals surface area (Å²) in [5.74, 6) is -1.73. The lowest BCUT2D eigenvalue weighted by molar-refractivity contribution is -0.329. The van der Waals surface area contributed by atoms with Gasteiger partial charge in [0.2, 0.25) is 5.79 Å². The largest absolute Gasteiger partial charge is 0.393 e. The number of nitriles is 1. The highest BCUT2D eigenvalue weighted by atomic mass is 35.5. The van der Waals surface area contributed by atoms with E-state index in [4.69, 9.17) is 26.3 Å². The highest BCUT2D eigenvalue weighted by molar-refractivity contribution is 6.31. The molecule has 0 aliphatic carbocycles. The Morgan fingerprint density at radius 2 is 1.83 bits per heavy atom. The Kier molecular flexibility index (Phi) is 5.13. The smallest absolute Gasteiger partial charge is 0.225 e. The molecule has 7 nitrogen and oxygen atoms in total. The van der Waals surface area contributed by atoms with E-state index in [2.05, 4.69) is 6.07 Å². The maximum absolute atomic E-state index is 10.7. The van der Waals surface area contributed by atoms with E-state index in [-0.39, 0.29) is 6.61 Å². The van der Waals surface area contributed by atoms with Crippen LogP contribution in [0.1, 0.15) is 22.3 Å².